The van der Waals surface area contributed by atoms with Crippen LogP contribution in [0.1, 0.15) is 22.1 Å². The van der Waals surface area contributed by atoms with Gasteiger partial charge in [-0.2, -0.15) is 9.37 Å². The van der Waals surface area contributed by atoms with Gasteiger partial charge in [-0.1, -0.05) is 35.5 Å². The average molecular weight is 375 g/mol. The summed E-state index contributed by atoms with van der Waals surface area (Å²) in [5.74, 6) is -7.35. The molecule has 0 saturated carbocycles. The summed E-state index contributed by atoms with van der Waals surface area (Å²) in [6, 6.07) is 10.1. The van der Waals surface area contributed by atoms with Crippen LogP contribution in [-0.4, -0.2) is 39.1 Å². The monoisotopic (exact) mass is 375 g/mol. The summed E-state index contributed by atoms with van der Waals surface area (Å²) in [7, 11) is 0. The van der Waals surface area contributed by atoms with Crippen molar-refractivity contribution in [1.82, 2.24) is 15.0 Å². The molecule has 1 saturated heterocycles. The van der Waals surface area contributed by atoms with E-state index in [1.165, 1.54) is 4.90 Å². The molecule has 6 nitrogen and oxygen atoms in total. The predicted octanol–water partition coefficient (Wildman–Crippen LogP) is 3.10. The second-order valence-corrected chi connectivity index (χ2v) is 6.12. The number of aromatic nitrogens is 2. The van der Waals surface area contributed by atoms with Crippen molar-refractivity contribution in [2.45, 2.75) is 5.92 Å². The molecule has 1 aromatic heterocycles. The Balaban J connectivity index is 1.52. The van der Waals surface area contributed by atoms with Crippen LogP contribution in [0.3, 0.4) is 0 Å². The van der Waals surface area contributed by atoms with Gasteiger partial charge in [0.2, 0.25) is 5.82 Å². The van der Waals surface area contributed by atoms with Crippen LogP contribution in [0.5, 0.6) is 5.75 Å². The fourth-order valence-corrected chi connectivity index (χ4v) is 2.89. The standard InChI is InChI=1S/C18H12F3N3O3/c19-12-6-11(13(20)15(25)14(12)21)17-22-16(23-27-17)18(26)24-7-10(8-24)9-4-2-1-3-5-9/h1-6,10,25H,7-8H2. The molecular weight excluding hydrogens is 363 g/mol. The van der Waals surface area contributed by atoms with E-state index in [2.05, 4.69) is 10.1 Å². The van der Waals surface area contributed by atoms with Crippen molar-refractivity contribution in [3.8, 4) is 17.2 Å². The first kappa shape index (κ1) is 17.1. The van der Waals surface area contributed by atoms with Crippen LogP contribution < -0.4 is 0 Å². The highest BCUT2D eigenvalue weighted by atomic mass is 19.2. The van der Waals surface area contributed by atoms with Gasteiger partial charge < -0.3 is 14.5 Å². The molecule has 0 radical (unpaired) electrons. The number of hydrogen-bond acceptors (Lipinski definition) is 5. The van der Waals surface area contributed by atoms with E-state index in [0.29, 0.717) is 19.2 Å². The molecule has 0 atom stereocenters. The van der Waals surface area contributed by atoms with E-state index in [1.807, 2.05) is 30.3 Å². The second kappa shape index (κ2) is 6.42. The third-order valence-corrected chi connectivity index (χ3v) is 4.42. The molecule has 27 heavy (non-hydrogen) atoms. The largest absolute Gasteiger partial charge is 0.503 e. The van der Waals surface area contributed by atoms with Gasteiger partial charge in [0.15, 0.2) is 17.4 Å². The van der Waals surface area contributed by atoms with Crippen molar-refractivity contribution in [3.63, 3.8) is 0 Å². The summed E-state index contributed by atoms with van der Waals surface area (Å²) in [6.45, 7) is 0.931. The first-order valence-electron chi connectivity index (χ1n) is 8.00. The fraction of sp³-hybridized carbons (Fsp3) is 0.167. The van der Waals surface area contributed by atoms with Crippen LogP contribution >= 0.6 is 0 Å². The number of benzene rings is 2. The normalized spacial score (nSPS) is 14.3. The minimum absolute atomic E-state index is 0.196. The molecule has 1 N–H and O–H groups in total. The minimum Gasteiger partial charge on any atom is -0.503 e. The maximum Gasteiger partial charge on any atom is 0.295 e. The molecule has 1 aliphatic rings. The van der Waals surface area contributed by atoms with Crippen molar-refractivity contribution in [1.29, 1.82) is 0 Å². The highest BCUT2D eigenvalue weighted by Crippen LogP contribution is 2.32. The van der Waals surface area contributed by atoms with Gasteiger partial charge >= 0.3 is 0 Å². The number of hydrogen-bond donors (Lipinski definition) is 1. The van der Waals surface area contributed by atoms with Crippen LogP contribution in [-0.2, 0) is 0 Å². The number of amides is 1. The first-order chi connectivity index (χ1) is 13.0. The number of halogens is 3. The lowest BCUT2D eigenvalue weighted by Gasteiger charge is -2.38. The van der Waals surface area contributed by atoms with Gasteiger partial charge in [0.1, 0.15) is 0 Å². The van der Waals surface area contributed by atoms with E-state index in [4.69, 9.17) is 4.52 Å². The molecule has 2 heterocycles. The lowest BCUT2D eigenvalue weighted by Crippen LogP contribution is -2.48. The highest BCUT2D eigenvalue weighted by Gasteiger charge is 2.34. The molecule has 1 amide bonds. The van der Waals surface area contributed by atoms with Gasteiger partial charge in [-0.05, 0) is 11.6 Å². The Labute approximate surface area is 150 Å². The lowest BCUT2D eigenvalue weighted by atomic mass is 9.91. The van der Waals surface area contributed by atoms with Crippen LogP contribution in [0, 0.1) is 17.5 Å². The summed E-state index contributed by atoms with van der Waals surface area (Å²) < 4.78 is 45.3. The number of carbonyl (C=O) groups excluding carboxylic acids is 1. The van der Waals surface area contributed by atoms with Gasteiger partial charge in [-0.15, -0.1) is 0 Å². The third-order valence-electron chi connectivity index (χ3n) is 4.42. The Kier molecular flexibility index (Phi) is 4.06. The summed E-state index contributed by atoms with van der Waals surface area (Å²) in [6.07, 6.45) is 0. The van der Waals surface area contributed by atoms with E-state index in [0.717, 1.165) is 5.56 Å². The van der Waals surface area contributed by atoms with Gasteiger partial charge in [-0.3, -0.25) is 4.79 Å². The Morgan fingerprint density at radius 2 is 1.85 bits per heavy atom. The van der Waals surface area contributed by atoms with E-state index >= 15 is 0 Å². The Bertz CT molecular complexity index is 1020. The van der Waals surface area contributed by atoms with E-state index in [1.54, 1.807) is 0 Å². The van der Waals surface area contributed by atoms with E-state index in [9.17, 15) is 23.1 Å². The maximum atomic E-state index is 13.9. The van der Waals surface area contributed by atoms with Gasteiger partial charge in [-0.25, -0.2) is 8.78 Å². The van der Waals surface area contributed by atoms with Crippen molar-refractivity contribution < 1.29 is 27.6 Å². The fourth-order valence-electron chi connectivity index (χ4n) is 2.89. The van der Waals surface area contributed by atoms with Gasteiger partial charge in [0.05, 0.1) is 5.56 Å². The molecule has 3 aromatic rings. The molecule has 0 aliphatic carbocycles. The zero-order valence-electron chi connectivity index (χ0n) is 13.7. The molecule has 4 rings (SSSR count). The summed E-state index contributed by atoms with van der Waals surface area (Å²) in [5, 5.41) is 12.7. The molecule has 0 unspecified atom stereocenters. The lowest BCUT2D eigenvalue weighted by molar-refractivity contribution is 0.0586. The number of phenolic OH excluding ortho intramolecular Hbond substituents is 1. The van der Waals surface area contributed by atoms with Crippen molar-refractivity contribution in [2.75, 3.05) is 13.1 Å². The zero-order chi connectivity index (χ0) is 19.1. The quantitative estimate of drug-likeness (QED) is 0.712. The number of rotatable bonds is 3. The summed E-state index contributed by atoms with van der Waals surface area (Å²) in [4.78, 5) is 17.6. The second-order valence-electron chi connectivity index (χ2n) is 6.12. The first-order valence-corrected chi connectivity index (χ1v) is 8.00. The highest BCUT2D eigenvalue weighted by molar-refractivity contribution is 5.91. The smallest absolute Gasteiger partial charge is 0.295 e. The van der Waals surface area contributed by atoms with Crippen molar-refractivity contribution in [2.24, 2.45) is 0 Å². The Hall–Kier alpha value is -3.36. The van der Waals surface area contributed by atoms with Crippen molar-refractivity contribution in [3.05, 3.63) is 65.2 Å². The van der Waals surface area contributed by atoms with Crippen LogP contribution in [0.15, 0.2) is 40.9 Å². The summed E-state index contributed by atoms with van der Waals surface area (Å²) >= 11 is 0. The third kappa shape index (κ3) is 2.90. The number of phenols is 1. The van der Waals surface area contributed by atoms with Crippen LogP contribution in [0.25, 0.3) is 11.5 Å². The SMILES string of the molecule is O=C(c1noc(-c2cc(F)c(F)c(O)c2F)n1)N1CC(c2ccccc2)C1. The molecule has 2 aromatic carbocycles. The van der Waals surface area contributed by atoms with Crippen LogP contribution in [0.4, 0.5) is 13.2 Å². The molecule has 138 valence electrons. The molecule has 1 fully saturated rings. The Morgan fingerprint density at radius 1 is 1.15 bits per heavy atom. The number of carbonyl (C=O) groups is 1. The minimum atomic E-state index is -1.72. The molecule has 0 spiro atoms. The molecule has 1 aliphatic heterocycles. The van der Waals surface area contributed by atoms with E-state index in [-0.39, 0.29) is 11.7 Å². The summed E-state index contributed by atoms with van der Waals surface area (Å²) in [5.41, 5.74) is 0.471. The van der Waals surface area contributed by atoms with Crippen LogP contribution in [0.2, 0.25) is 0 Å². The maximum absolute atomic E-state index is 13.9. The zero-order valence-corrected chi connectivity index (χ0v) is 13.7. The number of nitrogens with zero attached hydrogens (tertiary/aromatic N) is 3. The molecular formula is C18H12F3N3O3. The Morgan fingerprint density at radius 3 is 2.56 bits per heavy atom. The van der Waals surface area contributed by atoms with Gasteiger partial charge in [0, 0.05) is 19.0 Å². The number of likely N-dealkylation sites (tertiary alicyclic amines) is 1. The van der Waals surface area contributed by atoms with Crippen molar-refractivity contribution >= 4 is 5.91 Å². The van der Waals surface area contributed by atoms with Gasteiger partial charge in [0.25, 0.3) is 17.6 Å². The molecule has 9 heteroatoms. The topological polar surface area (TPSA) is 79.5 Å². The predicted molar refractivity (Wildman–Crippen MR) is 86.4 cm³/mol. The molecule has 0 bridgehead atoms. The van der Waals surface area contributed by atoms with E-state index < -0.39 is 40.6 Å². The number of aromatic hydroxyl groups is 1. The average Bonchev–Trinajstić information content (AvgIpc) is 3.12.